The summed E-state index contributed by atoms with van der Waals surface area (Å²) >= 11 is 0. The summed E-state index contributed by atoms with van der Waals surface area (Å²) in [5.41, 5.74) is 7.26. The average Bonchev–Trinajstić information content (AvgIpc) is 2.98. The highest BCUT2D eigenvalue weighted by atomic mass is 16.4. The number of nitrogens with zero attached hydrogens (tertiary/aromatic N) is 2. The van der Waals surface area contributed by atoms with Crippen LogP contribution < -0.4 is 21.3 Å². The molecule has 0 spiro atoms. The van der Waals surface area contributed by atoms with Crippen LogP contribution in [0.25, 0.3) is 0 Å². The number of oxazole rings is 1. The van der Waals surface area contributed by atoms with Crippen molar-refractivity contribution in [2.24, 2.45) is 5.73 Å². The highest BCUT2D eigenvalue weighted by Crippen LogP contribution is 2.21. The van der Waals surface area contributed by atoms with E-state index in [0.29, 0.717) is 0 Å². The lowest BCUT2D eigenvalue weighted by Gasteiger charge is -2.29. The van der Waals surface area contributed by atoms with Crippen molar-refractivity contribution in [3.63, 3.8) is 0 Å². The molecule has 7 nitrogen and oxygen atoms in total. The lowest BCUT2D eigenvalue weighted by molar-refractivity contribution is 0.0995. The Labute approximate surface area is 122 Å². The van der Waals surface area contributed by atoms with E-state index in [1.165, 1.54) is 12.0 Å². The Morgan fingerprint density at radius 3 is 2.62 bits per heavy atom. The minimum absolute atomic E-state index is 0.106. The van der Waals surface area contributed by atoms with Gasteiger partial charge in [-0.1, -0.05) is 0 Å². The largest absolute Gasteiger partial charge is 0.431 e. The number of nitrogens with one attached hydrogen (secondary N) is 2. The monoisotopic (exact) mass is 287 g/mol. The maximum Gasteiger partial charge on any atom is 0.299 e. The number of carbonyl (C=O) groups excluding carboxylic acids is 1. The molecule has 0 atom stereocenters. The van der Waals surface area contributed by atoms with Crippen molar-refractivity contribution in [3.05, 3.63) is 36.2 Å². The fourth-order valence-corrected chi connectivity index (χ4v) is 2.25. The van der Waals surface area contributed by atoms with E-state index in [-0.39, 0.29) is 11.7 Å². The molecule has 1 fully saturated rings. The summed E-state index contributed by atoms with van der Waals surface area (Å²) in [4.78, 5) is 17.2. The summed E-state index contributed by atoms with van der Waals surface area (Å²) in [6.45, 7) is 4.03. The zero-order valence-electron chi connectivity index (χ0n) is 11.5. The number of anilines is 3. The zero-order chi connectivity index (χ0) is 14.7. The molecule has 1 aromatic carbocycles. The van der Waals surface area contributed by atoms with Crippen LogP contribution >= 0.6 is 0 Å². The third kappa shape index (κ3) is 3.14. The van der Waals surface area contributed by atoms with Crippen molar-refractivity contribution < 1.29 is 9.21 Å². The van der Waals surface area contributed by atoms with Crippen LogP contribution in [-0.2, 0) is 0 Å². The van der Waals surface area contributed by atoms with E-state index in [0.717, 1.165) is 31.9 Å². The van der Waals surface area contributed by atoms with E-state index >= 15 is 0 Å². The predicted octanol–water partition coefficient (Wildman–Crippen LogP) is 0.927. The van der Waals surface area contributed by atoms with Gasteiger partial charge in [0.05, 0.1) is 0 Å². The molecular weight excluding hydrogens is 270 g/mol. The minimum Gasteiger partial charge on any atom is -0.431 e. The smallest absolute Gasteiger partial charge is 0.299 e. The number of nitrogens with two attached hydrogens (primary N) is 1. The Morgan fingerprint density at radius 2 is 2.00 bits per heavy atom. The molecule has 1 aliphatic heterocycles. The van der Waals surface area contributed by atoms with Gasteiger partial charge < -0.3 is 25.7 Å². The molecule has 7 heteroatoms. The van der Waals surface area contributed by atoms with Crippen LogP contribution in [0.5, 0.6) is 0 Å². The molecule has 1 aromatic heterocycles. The molecule has 0 bridgehead atoms. The number of carbonyl (C=O) groups is 1. The number of aromatic nitrogens is 1. The number of hydrogen-bond acceptors (Lipinski definition) is 6. The molecule has 1 amide bonds. The van der Waals surface area contributed by atoms with Crippen LogP contribution in [0.2, 0.25) is 0 Å². The van der Waals surface area contributed by atoms with E-state index < -0.39 is 5.91 Å². The molecule has 4 N–H and O–H groups in total. The summed E-state index contributed by atoms with van der Waals surface area (Å²) in [6.07, 6.45) is 1.24. The Balaban J connectivity index is 1.67. The van der Waals surface area contributed by atoms with E-state index in [4.69, 9.17) is 10.2 Å². The summed E-state index contributed by atoms with van der Waals surface area (Å²) in [7, 11) is 0. The van der Waals surface area contributed by atoms with E-state index in [9.17, 15) is 4.79 Å². The first-order valence-corrected chi connectivity index (χ1v) is 6.80. The number of hydrogen-bond donors (Lipinski definition) is 3. The highest BCUT2D eigenvalue weighted by molar-refractivity contribution is 5.90. The lowest BCUT2D eigenvalue weighted by atomic mass is 10.2. The molecular formula is C14H17N5O2. The van der Waals surface area contributed by atoms with Gasteiger partial charge in [-0.3, -0.25) is 4.79 Å². The van der Waals surface area contributed by atoms with Crippen molar-refractivity contribution in [2.45, 2.75) is 0 Å². The molecule has 0 unspecified atom stereocenters. The maximum atomic E-state index is 10.9. The van der Waals surface area contributed by atoms with E-state index in [2.05, 4.69) is 20.5 Å². The van der Waals surface area contributed by atoms with Crippen LogP contribution in [0.1, 0.15) is 10.5 Å². The zero-order valence-corrected chi connectivity index (χ0v) is 11.5. The second-order valence-corrected chi connectivity index (χ2v) is 4.81. The van der Waals surface area contributed by atoms with Gasteiger partial charge in [0.2, 0.25) is 0 Å². The van der Waals surface area contributed by atoms with Crippen LogP contribution in [0, 0.1) is 0 Å². The van der Waals surface area contributed by atoms with Gasteiger partial charge in [0.1, 0.15) is 6.26 Å². The molecule has 0 radical (unpaired) electrons. The molecule has 1 aliphatic rings. The number of rotatable bonds is 4. The van der Waals surface area contributed by atoms with Crippen LogP contribution in [-0.4, -0.2) is 37.1 Å². The van der Waals surface area contributed by atoms with Gasteiger partial charge in [0.25, 0.3) is 11.9 Å². The van der Waals surface area contributed by atoms with E-state index in [1.807, 2.05) is 24.3 Å². The summed E-state index contributed by atoms with van der Waals surface area (Å²) < 4.78 is 5.13. The van der Waals surface area contributed by atoms with Gasteiger partial charge in [-0.25, -0.2) is 0 Å². The normalized spacial score (nSPS) is 15.0. The summed E-state index contributed by atoms with van der Waals surface area (Å²) in [5, 5.41) is 6.32. The van der Waals surface area contributed by atoms with Gasteiger partial charge in [0.15, 0.2) is 5.69 Å². The van der Waals surface area contributed by atoms with Crippen molar-refractivity contribution in [3.8, 4) is 0 Å². The summed E-state index contributed by atoms with van der Waals surface area (Å²) in [6, 6.07) is 8.24. The average molecular weight is 287 g/mol. The van der Waals surface area contributed by atoms with Gasteiger partial charge >= 0.3 is 0 Å². The molecule has 110 valence electrons. The van der Waals surface area contributed by atoms with Gasteiger partial charge in [0, 0.05) is 37.6 Å². The Bertz CT molecular complexity index is 617. The number of benzene rings is 1. The quantitative estimate of drug-likeness (QED) is 0.774. The minimum atomic E-state index is -0.610. The van der Waals surface area contributed by atoms with Crippen molar-refractivity contribution in [1.29, 1.82) is 0 Å². The molecule has 1 saturated heterocycles. The number of amides is 1. The molecule has 2 heterocycles. The van der Waals surface area contributed by atoms with Gasteiger partial charge in [-0.2, -0.15) is 4.98 Å². The number of piperazine rings is 1. The first-order chi connectivity index (χ1) is 10.2. The second kappa shape index (κ2) is 5.84. The Hall–Kier alpha value is -2.54. The SMILES string of the molecule is NC(=O)c1coc(Nc2ccc(N3CCNCC3)cc2)n1. The van der Waals surface area contributed by atoms with Gasteiger partial charge in [-0.05, 0) is 24.3 Å². The molecule has 2 aromatic rings. The van der Waals surface area contributed by atoms with Crippen LogP contribution in [0.15, 0.2) is 34.9 Å². The maximum absolute atomic E-state index is 10.9. The molecule has 3 rings (SSSR count). The standard InChI is InChI=1S/C14H17N5O2/c15-13(20)12-9-21-14(18-12)17-10-1-3-11(4-2-10)19-7-5-16-6-8-19/h1-4,9,16H,5-8H2,(H2,15,20)(H,17,18). The van der Waals surface area contributed by atoms with Crippen molar-refractivity contribution in [1.82, 2.24) is 10.3 Å². The Kier molecular flexibility index (Phi) is 3.74. The predicted molar refractivity (Wildman–Crippen MR) is 79.8 cm³/mol. The van der Waals surface area contributed by atoms with Crippen LogP contribution in [0.4, 0.5) is 17.4 Å². The molecule has 21 heavy (non-hydrogen) atoms. The fourth-order valence-electron chi connectivity index (χ4n) is 2.25. The third-order valence-corrected chi connectivity index (χ3v) is 3.36. The topological polar surface area (TPSA) is 96.4 Å². The Morgan fingerprint density at radius 1 is 1.29 bits per heavy atom. The number of primary amides is 1. The van der Waals surface area contributed by atoms with Gasteiger partial charge in [-0.15, -0.1) is 0 Å². The fraction of sp³-hybridized carbons (Fsp3) is 0.286. The first kappa shape index (κ1) is 13.4. The van der Waals surface area contributed by atoms with Crippen LogP contribution in [0.3, 0.4) is 0 Å². The molecule has 0 aliphatic carbocycles. The van der Waals surface area contributed by atoms with E-state index in [1.54, 1.807) is 0 Å². The highest BCUT2D eigenvalue weighted by Gasteiger charge is 2.11. The lowest BCUT2D eigenvalue weighted by Crippen LogP contribution is -2.43. The molecule has 0 saturated carbocycles. The van der Waals surface area contributed by atoms with Crippen molar-refractivity contribution in [2.75, 3.05) is 36.4 Å². The second-order valence-electron chi connectivity index (χ2n) is 4.81. The first-order valence-electron chi connectivity index (χ1n) is 6.80. The third-order valence-electron chi connectivity index (χ3n) is 3.36. The van der Waals surface area contributed by atoms with Crippen molar-refractivity contribution >= 4 is 23.3 Å². The summed E-state index contributed by atoms with van der Waals surface area (Å²) in [5.74, 6) is -0.610.